The van der Waals surface area contributed by atoms with E-state index in [0.717, 1.165) is 44.5 Å². The quantitative estimate of drug-likeness (QED) is 0.263. The van der Waals surface area contributed by atoms with Gasteiger partial charge in [-0.05, 0) is 42.8 Å². The molecule has 4 aromatic carbocycles. The van der Waals surface area contributed by atoms with Crippen molar-refractivity contribution in [3.05, 3.63) is 103 Å². The second-order valence-corrected chi connectivity index (χ2v) is 9.58. The Bertz CT molecular complexity index is 1780. The number of benzene rings is 4. The topological polar surface area (TPSA) is 51.8 Å². The van der Waals surface area contributed by atoms with Crippen molar-refractivity contribution >= 4 is 60.3 Å². The third-order valence-corrected chi connectivity index (χ3v) is 7.43. The Hall–Kier alpha value is -4.28. The van der Waals surface area contributed by atoms with Gasteiger partial charge in [-0.25, -0.2) is 9.97 Å². The molecule has 2 N–H and O–H groups in total. The Morgan fingerprint density at radius 3 is 2.43 bits per heavy atom. The second kappa shape index (κ2) is 8.49. The van der Waals surface area contributed by atoms with Crippen molar-refractivity contribution in [2.24, 2.45) is 0 Å². The van der Waals surface area contributed by atoms with Crippen LogP contribution in [0.15, 0.2) is 91.5 Å². The van der Waals surface area contributed by atoms with Gasteiger partial charge in [-0.15, -0.1) is 11.3 Å². The van der Waals surface area contributed by atoms with E-state index in [-0.39, 0.29) is 0 Å². The van der Waals surface area contributed by atoms with E-state index in [1.54, 1.807) is 11.3 Å². The van der Waals surface area contributed by atoms with Crippen molar-refractivity contribution in [1.82, 2.24) is 9.97 Å². The largest absolute Gasteiger partial charge is 0.399 e. The molecule has 0 radical (unpaired) electrons. The SMILES string of the molecule is C=Cc1ccc2c(-c3ccccc3)nc(-c3ccc4c(c3)sc3ccc(N)cc34)nc2c1/C=C\C. The van der Waals surface area contributed by atoms with Gasteiger partial charge in [0.25, 0.3) is 0 Å². The number of rotatable bonds is 4. The Morgan fingerprint density at radius 1 is 0.800 bits per heavy atom. The zero-order valence-electron chi connectivity index (χ0n) is 19.3. The van der Waals surface area contributed by atoms with Crippen LogP contribution in [0.4, 0.5) is 5.69 Å². The molecular weight excluding hydrogens is 446 g/mol. The number of anilines is 1. The first-order valence-electron chi connectivity index (χ1n) is 11.5. The summed E-state index contributed by atoms with van der Waals surface area (Å²) < 4.78 is 2.42. The molecule has 3 nitrogen and oxygen atoms in total. The van der Waals surface area contributed by atoms with Crippen LogP contribution in [-0.4, -0.2) is 9.97 Å². The minimum Gasteiger partial charge on any atom is -0.399 e. The Balaban J connectivity index is 1.65. The second-order valence-electron chi connectivity index (χ2n) is 8.50. The van der Waals surface area contributed by atoms with Gasteiger partial charge in [0.05, 0.1) is 11.2 Å². The van der Waals surface area contributed by atoms with Crippen LogP contribution in [0.1, 0.15) is 18.1 Å². The van der Waals surface area contributed by atoms with E-state index in [0.29, 0.717) is 5.82 Å². The van der Waals surface area contributed by atoms with E-state index < -0.39 is 0 Å². The van der Waals surface area contributed by atoms with E-state index in [1.165, 1.54) is 20.2 Å². The molecule has 6 rings (SSSR count). The lowest BCUT2D eigenvalue weighted by atomic mass is 9.98. The van der Waals surface area contributed by atoms with Crippen LogP contribution in [0, 0.1) is 0 Å². The predicted octanol–water partition coefficient (Wildman–Crippen LogP) is 8.59. The number of nitrogens with two attached hydrogens (primary N) is 1. The number of fused-ring (bicyclic) bond motifs is 4. The molecule has 0 aliphatic heterocycles. The van der Waals surface area contributed by atoms with Crippen LogP contribution in [0.25, 0.3) is 65.9 Å². The summed E-state index contributed by atoms with van der Waals surface area (Å²) >= 11 is 1.77. The standard InChI is InChI=1S/C31H23N3S/c1-3-8-23-19(4-2)11-15-25-29(20-9-6-5-7-10-20)33-31(34-30(23)25)21-12-14-24-26-18-22(32)13-16-27(26)35-28(24)17-21/h3-18H,2,32H2,1H3/b8-3-. The van der Waals surface area contributed by atoms with Crippen LogP contribution in [-0.2, 0) is 0 Å². The third kappa shape index (κ3) is 3.59. The van der Waals surface area contributed by atoms with Gasteiger partial charge in [0.2, 0.25) is 0 Å². The zero-order chi connectivity index (χ0) is 23.9. The molecule has 0 fully saturated rings. The average Bonchev–Trinajstić information content (AvgIpc) is 3.26. The van der Waals surface area contributed by atoms with Crippen LogP contribution >= 0.6 is 11.3 Å². The summed E-state index contributed by atoms with van der Waals surface area (Å²) in [5.74, 6) is 0.710. The molecule has 6 aromatic rings. The monoisotopic (exact) mass is 469 g/mol. The van der Waals surface area contributed by atoms with Gasteiger partial charge in [0, 0.05) is 47.9 Å². The fourth-order valence-electron chi connectivity index (χ4n) is 4.63. The number of nitrogens with zero attached hydrogens (tertiary/aromatic N) is 2. The minimum absolute atomic E-state index is 0.710. The average molecular weight is 470 g/mol. The molecule has 0 aliphatic carbocycles. The Labute approximate surface area is 207 Å². The summed E-state index contributed by atoms with van der Waals surface area (Å²) in [5.41, 5.74) is 12.9. The van der Waals surface area contributed by atoms with E-state index >= 15 is 0 Å². The Kier molecular flexibility index (Phi) is 5.16. The zero-order valence-corrected chi connectivity index (χ0v) is 20.1. The molecule has 0 saturated carbocycles. The first kappa shape index (κ1) is 21.3. The van der Waals surface area contributed by atoms with E-state index in [2.05, 4.69) is 61.2 Å². The summed E-state index contributed by atoms with van der Waals surface area (Å²) in [7, 11) is 0. The smallest absolute Gasteiger partial charge is 0.160 e. The highest BCUT2D eigenvalue weighted by molar-refractivity contribution is 7.25. The third-order valence-electron chi connectivity index (χ3n) is 6.30. The van der Waals surface area contributed by atoms with Crippen molar-refractivity contribution < 1.29 is 0 Å². The molecule has 35 heavy (non-hydrogen) atoms. The van der Waals surface area contributed by atoms with Gasteiger partial charge in [-0.1, -0.05) is 73.3 Å². The maximum absolute atomic E-state index is 6.05. The molecule has 168 valence electrons. The summed E-state index contributed by atoms with van der Waals surface area (Å²) in [6.45, 7) is 6.04. The molecule has 0 aliphatic rings. The van der Waals surface area contributed by atoms with Gasteiger partial charge >= 0.3 is 0 Å². The lowest BCUT2D eigenvalue weighted by molar-refractivity contribution is 1.23. The lowest BCUT2D eigenvalue weighted by Crippen LogP contribution is -1.98. The number of allylic oxidation sites excluding steroid dienone is 1. The van der Waals surface area contributed by atoms with Crippen LogP contribution in [0.2, 0.25) is 0 Å². The number of nitrogen functional groups attached to an aromatic ring is 1. The fourth-order valence-corrected chi connectivity index (χ4v) is 5.76. The van der Waals surface area contributed by atoms with E-state index in [9.17, 15) is 0 Å². The van der Waals surface area contributed by atoms with Gasteiger partial charge in [-0.2, -0.15) is 0 Å². The molecule has 2 aromatic heterocycles. The van der Waals surface area contributed by atoms with Crippen LogP contribution in [0.5, 0.6) is 0 Å². The van der Waals surface area contributed by atoms with Gasteiger partial charge in [0.1, 0.15) is 0 Å². The molecule has 4 heteroatoms. The molecule has 0 amide bonds. The number of hydrogen-bond donors (Lipinski definition) is 1. The van der Waals surface area contributed by atoms with E-state index in [4.69, 9.17) is 15.7 Å². The van der Waals surface area contributed by atoms with Gasteiger partial charge in [0.15, 0.2) is 5.82 Å². The summed E-state index contributed by atoms with van der Waals surface area (Å²) in [6.07, 6.45) is 6.03. The van der Waals surface area contributed by atoms with Crippen molar-refractivity contribution in [3.8, 4) is 22.6 Å². The molecule has 0 unspecified atom stereocenters. The Morgan fingerprint density at radius 2 is 1.63 bits per heavy atom. The number of thiophene rings is 1. The molecule has 0 atom stereocenters. The summed E-state index contributed by atoms with van der Waals surface area (Å²) in [4.78, 5) is 10.2. The number of hydrogen-bond acceptors (Lipinski definition) is 4. The maximum atomic E-state index is 6.05. The maximum Gasteiger partial charge on any atom is 0.160 e. The van der Waals surface area contributed by atoms with Gasteiger partial charge in [-0.3, -0.25) is 0 Å². The summed E-state index contributed by atoms with van der Waals surface area (Å²) in [6, 6.07) is 27.1. The van der Waals surface area contributed by atoms with Crippen molar-refractivity contribution in [2.75, 3.05) is 5.73 Å². The normalized spacial score (nSPS) is 11.7. The first-order valence-corrected chi connectivity index (χ1v) is 12.4. The van der Waals surface area contributed by atoms with Crippen LogP contribution < -0.4 is 5.73 Å². The summed E-state index contributed by atoms with van der Waals surface area (Å²) in [5, 5.41) is 3.41. The van der Waals surface area contributed by atoms with Gasteiger partial charge < -0.3 is 5.73 Å². The first-order chi connectivity index (χ1) is 17.2. The molecule has 0 spiro atoms. The van der Waals surface area contributed by atoms with Crippen LogP contribution in [0.3, 0.4) is 0 Å². The highest BCUT2D eigenvalue weighted by Crippen LogP contribution is 2.38. The van der Waals surface area contributed by atoms with Crippen molar-refractivity contribution in [2.45, 2.75) is 6.92 Å². The number of aromatic nitrogens is 2. The molecule has 2 heterocycles. The molecule has 0 saturated heterocycles. The highest BCUT2D eigenvalue weighted by atomic mass is 32.1. The molecule has 0 bridgehead atoms. The predicted molar refractivity (Wildman–Crippen MR) is 153 cm³/mol. The minimum atomic E-state index is 0.710. The van der Waals surface area contributed by atoms with Crippen molar-refractivity contribution in [1.29, 1.82) is 0 Å². The fraction of sp³-hybridized carbons (Fsp3) is 0.0323. The molecular formula is C31H23N3S. The highest BCUT2D eigenvalue weighted by Gasteiger charge is 2.16. The lowest BCUT2D eigenvalue weighted by Gasteiger charge is -2.13. The van der Waals surface area contributed by atoms with Crippen molar-refractivity contribution in [3.63, 3.8) is 0 Å². The van der Waals surface area contributed by atoms with E-state index in [1.807, 2.05) is 49.4 Å².